The number of methoxy groups -OCH3 is 1. The third-order valence-corrected chi connectivity index (χ3v) is 6.66. The van der Waals surface area contributed by atoms with Gasteiger partial charge in [0.1, 0.15) is 23.9 Å². The van der Waals surface area contributed by atoms with E-state index in [1.54, 1.807) is 19.2 Å². The van der Waals surface area contributed by atoms with Crippen LogP contribution in [0.3, 0.4) is 0 Å². The second-order valence-electron chi connectivity index (χ2n) is 10.4. The van der Waals surface area contributed by atoms with Gasteiger partial charge in [0.2, 0.25) is 0 Å². The highest BCUT2D eigenvalue weighted by atomic mass is 19.1. The van der Waals surface area contributed by atoms with Crippen molar-refractivity contribution in [3.05, 3.63) is 83.2 Å². The third kappa shape index (κ3) is 6.02. The summed E-state index contributed by atoms with van der Waals surface area (Å²) in [4.78, 5) is 11.3. The number of aliphatic carboxylic acids is 1. The molecule has 5 heteroatoms. The fraction of sp³-hybridized carbons (Fsp3) is 0.367. The number of rotatable bonds is 9. The summed E-state index contributed by atoms with van der Waals surface area (Å²) in [7, 11) is 1.58. The van der Waals surface area contributed by atoms with Crippen LogP contribution in [-0.2, 0) is 16.8 Å². The summed E-state index contributed by atoms with van der Waals surface area (Å²) in [5.74, 6) is 0.796. The smallest absolute Gasteiger partial charge is 0.303 e. The summed E-state index contributed by atoms with van der Waals surface area (Å²) >= 11 is 0. The SMILES string of the molecule is COc1ccc(F)c(-c2cc(COc3ccc([C@@H](CC(=O)O)C4CC4)cc3)ccc2C(C)(C)C)c1. The van der Waals surface area contributed by atoms with Crippen molar-refractivity contribution in [2.45, 2.75) is 58.0 Å². The molecule has 0 unspecified atom stereocenters. The molecule has 1 aliphatic carbocycles. The summed E-state index contributed by atoms with van der Waals surface area (Å²) in [6.45, 7) is 6.67. The van der Waals surface area contributed by atoms with E-state index in [9.17, 15) is 14.3 Å². The molecule has 4 nitrogen and oxygen atoms in total. The average molecular weight is 477 g/mol. The molecule has 3 aromatic rings. The van der Waals surface area contributed by atoms with E-state index in [2.05, 4.69) is 20.8 Å². The molecule has 0 heterocycles. The Morgan fingerprint density at radius 2 is 1.69 bits per heavy atom. The van der Waals surface area contributed by atoms with Crippen LogP contribution in [0.25, 0.3) is 11.1 Å². The van der Waals surface area contributed by atoms with Gasteiger partial charge >= 0.3 is 5.97 Å². The number of ether oxygens (including phenoxy) is 2. The molecule has 0 bridgehead atoms. The first-order chi connectivity index (χ1) is 16.7. The monoisotopic (exact) mass is 476 g/mol. The van der Waals surface area contributed by atoms with Crippen LogP contribution in [0, 0.1) is 11.7 Å². The molecule has 0 saturated heterocycles. The Hall–Kier alpha value is -3.34. The molecule has 184 valence electrons. The van der Waals surface area contributed by atoms with E-state index in [-0.39, 0.29) is 23.6 Å². The number of hydrogen-bond acceptors (Lipinski definition) is 3. The van der Waals surface area contributed by atoms with Crippen LogP contribution in [0.15, 0.2) is 60.7 Å². The van der Waals surface area contributed by atoms with Gasteiger partial charge in [-0.3, -0.25) is 4.79 Å². The maximum Gasteiger partial charge on any atom is 0.303 e. The first-order valence-electron chi connectivity index (χ1n) is 12.1. The lowest BCUT2D eigenvalue weighted by molar-refractivity contribution is -0.137. The van der Waals surface area contributed by atoms with Crippen molar-refractivity contribution >= 4 is 5.97 Å². The Morgan fingerprint density at radius 3 is 2.29 bits per heavy atom. The van der Waals surface area contributed by atoms with E-state index in [4.69, 9.17) is 9.47 Å². The molecule has 1 saturated carbocycles. The second kappa shape index (κ2) is 10.1. The molecule has 35 heavy (non-hydrogen) atoms. The molecule has 1 fully saturated rings. The van der Waals surface area contributed by atoms with E-state index < -0.39 is 5.97 Å². The summed E-state index contributed by atoms with van der Waals surface area (Å²) in [6, 6.07) is 18.6. The normalized spacial score (nSPS) is 14.4. The highest BCUT2D eigenvalue weighted by Crippen LogP contribution is 2.44. The zero-order valence-electron chi connectivity index (χ0n) is 20.8. The minimum atomic E-state index is -0.760. The predicted octanol–water partition coefficient (Wildman–Crippen LogP) is 7.35. The molecule has 0 amide bonds. The molecular formula is C30H33FO4. The Labute approximate surface area is 206 Å². The molecule has 0 spiro atoms. The topological polar surface area (TPSA) is 55.8 Å². The number of carbonyl (C=O) groups is 1. The highest BCUT2D eigenvalue weighted by Gasteiger charge is 2.33. The molecule has 0 aliphatic heterocycles. The van der Waals surface area contributed by atoms with Crippen LogP contribution >= 0.6 is 0 Å². The molecule has 1 aliphatic rings. The lowest BCUT2D eigenvalue weighted by atomic mass is 9.81. The van der Waals surface area contributed by atoms with E-state index in [0.717, 1.165) is 35.1 Å². The van der Waals surface area contributed by atoms with Crippen molar-refractivity contribution in [3.63, 3.8) is 0 Å². The van der Waals surface area contributed by atoms with E-state index in [1.165, 1.54) is 6.07 Å². The fourth-order valence-corrected chi connectivity index (χ4v) is 4.62. The summed E-state index contributed by atoms with van der Waals surface area (Å²) in [6.07, 6.45) is 2.35. The van der Waals surface area contributed by atoms with E-state index >= 15 is 0 Å². The predicted molar refractivity (Wildman–Crippen MR) is 136 cm³/mol. The van der Waals surface area contributed by atoms with Crippen LogP contribution in [0.5, 0.6) is 11.5 Å². The van der Waals surface area contributed by atoms with Gasteiger partial charge in [0, 0.05) is 5.56 Å². The zero-order valence-corrected chi connectivity index (χ0v) is 20.8. The van der Waals surface area contributed by atoms with Crippen LogP contribution in [-0.4, -0.2) is 18.2 Å². The van der Waals surface area contributed by atoms with Crippen molar-refractivity contribution in [2.24, 2.45) is 5.92 Å². The van der Waals surface area contributed by atoms with Gasteiger partial charge in [-0.25, -0.2) is 4.39 Å². The number of hydrogen-bond donors (Lipinski definition) is 1. The van der Waals surface area contributed by atoms with Crippen molar-refractivity contribution in [2.75, 3.05) is 7.11 Å². The van der Waals surface area contributed by atoms with Crippen molar-refractivity contribution in [3.8, 4) is 22.6 Å². The minimum absolute atomic E-state index is 0.0619. The molecule has 0 aromatic heterocycles. The van der Waals surface area contributed by atoms with Gasteiger partial charge in [0.25, 0.3) is 0 Å². The van der Waals surface area contributed by atoms with Gasteiger partial charge in [-0.15, -0.1) is 0 Å². The number of carboxylic acids is 1. The maximum atomic E-state index is 14.9. The van der Waals surface area contributed by atoms with Crippen LogP contribution in [0.1, 0.15) is 62.6 Å². The van der Waals surface area contributed by atoms with Gasteiger partial charge < -0.3 is 14.6 Å². The van der Waals surface area contributed by atoms with Gasteiger partial charge in [0.05, 0.1) is 13.5 Å². The number of halogens is 1. The molecule has 3 aromatic carbocycles. The zero-order chi connectivity index (χ0) is 25.2. The van der Waals surface area contributed by atoms with Crippen molar-refractivity contribution in [1.82, 2.24) is 0 Å². The highest BCUT2D eigenvalue weighted by molar-refractivity contribution is 5.71. The lowest BCUT2D eigenvalue weighted by Gasteiger charge is -2.24. The quantitative estimate of drug-likeness (QED) is 0.351. The van der Waals surface area contributed by atoms with E-state index in [1.807, 2.05) is 42.5 Å². The first kappa shape index (κ1) is 24.8. The maximum absolute atomic E-state index is 14.9. The van der Waals surface area contributed by atoms with Crippen molar-refractivity contribution < 1.29 is 23.8 Å². The van der Waals surface area contributed by atoms with Gasteiger partial charge in [-0.2, -0.15) is 0 Å². The molecule has 1 N–H and O–H groups in total. The lowest BCUT2D eigenvalue weighted by Crippen LogP contribution is -2.13. The Balaban J connectivity index is 1.55. The van der Waals surface area contributed by atoms with Crippen LogP contribution in [0.4, 0.5) is 4.39 Å². The number of carboxylic acid groups (broad SMARTS) is 1. The standard InChI is InChI=1S/C30H33FO4/c1-30(2,3)27-13-5-19(15-25(27)26-16-23(34-4)12-14-28(26)31)18-35-22-10-8-21(9-11-22)24(17-29(32)33)20-6-7-20/h5,8-16,20,24H,6-7,17-18H2,1-4H3,(H,32,33)/t24-/m0/s1. The minimum Gasteiger partial charge on any atom is -0.497 e. The Bertz CT molecular complexity index is 1190. The Kier molecular flexibility index (Phi) is 7.15. The first-order valence-corrected chi connectivity index (χ1v) is 12.1. The van der Waals surface area contributed by atoms with Gasteiger partial charge in [-0.05, 0) is 88.7 Å². The molecule has 0 radical (unpaired) electrons. The average Bonchev–Trinajstić information content (AvgIpc) is 3.66. The fourth-order valence-electron chi connectivity index (χ4n) is 4.62. The van der Waals surface area contributed by atoms with Gasteiger partial charge in [0.15, 0.2) is 0 Å². The van der Waals surface area contributed by atoms with Crippen molar-refractivity contribution in [1.29, 1.82) is 0 Å². The summed E-state index contributed by atoms with van der Waals surface area (Å²) in [5.41, 5.74) is 4.18. The van der Waals surface area contributed by atoms with Crippen LogP contribution < -0.4 is 9.47 Å². The molecule has 1 atom stereocenters. The number of benzene rings is 3. The third-order valence-electron chi connectivity index (χ3n) is 6.66. The Morgan fingerprint density at radius 1 is 1.00 bits per heavy atom. The summed E-state index contributed by atoms with van der Waals surface area (Å²) < 4.78 is 26.2. The van der Waals surface area contributed by atoms with Gasteiger partial charge in [-0.1, -0.05) is 45.0 Å². The summed E-state index contributed by atoms with van der Waals surface area (Å²) in [5, 5.41) is 9.25. The largest absolute Gasteiger partial charge is 0.497 e. The molecule has 4 rings (SSSR count). The molecular weight excluding hydrogens is 443 g/mol. The second-order valence-corrected chi connectivity index (χ2v) is 10.4. The van der Waals surface area contributed by atoms with E-state index in [0.29, 0.717) is 29.6 Å². The van der Waals surface area contributed by atoms with Crippen LogP contribution in [0.2, 0.25) is 0 Å².